The highest BCUT2D eigenvalue weighted by atomic mass is 35.5. The molecule has 0 aliphatic rings. The molecule has 1 N–H and O–H groups in total. The molecule has 0 saturated carbocycles. The second-order valence-corrected chi connectivity index (χ2v) is 5.37. The Morgan fingerprint density at radius 2 is 1.96 bits per heavy atom. The molecule has 24 heavy (non-hydrogen) atoms. The zero-order valence-corrected chi connectivity index (χ0v) is 13.8. The molecule has 0 spiro atoms. The van der Waals surface area contributed by atoms with Crippen molar-refractivity contribution in [3.05, 3.63) is 58.9 Å². The standard InChI is InChI=1S/C17H15ClN2O4/c1-10(21)12-5-3-6-13(9-12)20-16(22)11(2)24-17(23)14-7-4-8-19-15(14)18/h3-9,11H,1-2H3,(H,20,22)/t11-/m0/s1. The van der Waals surface area contributed by atoms with Gasteiger partial charge in [-0.1, -0.05) is 23.7 Å². The molecule has 124 valence electrons. The summed E-state index contributed by atoms with van der Waals surface area (Å²) in [5.74, 6) is -1.38. The van der Waals surface area contributed by atoms with E-state index in [1.165, 1.54) is 26.1 Å². The van der Waals surface area contributed by atoms with Crippen LogP contribution in [0.15, 0.2) is 42.6 Å². The highest BCUT2D eigenvalue weighted by Crippen LogP contribution is 2.15. The van der Waals surface area contributed by atoms with Crippen molar-refractivity contribution in [2.45, 2.75) is 20.0 Å². The number of ketones is 1. The Balaban J connectivity index is 2.02. The fourth-order valence-electron chi connectivity index (χ4n) is 1.88. The van der Waals surface area contributed by atoms with Gasteiger partial charge in [-0.05, 0) is 38.1 Å². The van der Waals surface area contributed by atoms with Gasteiger partial charge in [-0.3, -0.25) is 9.59 Å². The lowest BCUT2D eigenvalue weighted by molar-refractivity contribution is -0.123. The van der Waals surface area contributed by atoms with Crippen LogP contribution in [-0.2, 0) is 9.53 Å². The first kappa shape index (κ1) is 17.6. The van der Waals surface area contributed by atoms with E-state index < -0.39 is 18.0 Å². The van der Waals surface area contributed by atoms with Gasteiger partial charge in [0.25, 0.3) is 5.91 Å². The van der Waals surface area contributed by atoms with Crippen molar-refractivity contribution in [2.24, 2.45) is 0 Å². The fraction of sp³-hybridized carbons (Fsp3) is 0.176. The van der Waals surface area contributed by atoms with Crippen LogP contribution < -0.4 is 5.32 Å². The van der Waals surface area contributed by atoms with Crippen molar-refractivity contribution in [1.82, 2.24) is 4.98 Å². The van der Waals surface area contributed by atoms with E-state index in [1.54, 1.807) is 30.3 Å². The van der Waals surface area contributed by atoms with E-state index in [2.05, 4.69) is 10.3 Å². The lowest BCUT2D eigenvalue weighted by Crippen LogP contribution is -2.30. The number of anilines is 1. The number of benzene rings is 1. The summed E-state index contributed by atoms with van der Waals surface area (Å²) in [6.07, 6.45) is 0.395. The van der Waals surface area contributed by atoms with Gasteiger partial charge in [-0.2, -0.15) is 0 Å². The molecule has 1 aromatic heterocycles. The third kappa shape index (κ3) is 4.39. The summed E-state index contributed by atoms with van der Waals surface area (Å²) in [6, 6.07) is 9.48. The molecule has 0 bridgehead atoms. The van der Waals surface area contributed by atoms with Crippen molar-refractivity contribution in [3.8, 4) is 0 Å². The summed E-state index contributed by atoms with van der Waals surface area (Å²) in [7, 11) is 0. The number of carbonyl (C=O) groups is 3. The molecule has 0 fully saturated rings. The minimum absolute atomic E-state index is 0.00395. The van der Waals surface area contributed by atoms with Gasteiger partial charge in [0.2, 0.25) is 0 Å². The van der Waals surface area contributed by atoms with Crippen molar-refractivity contribution in [1.29, 1.82) is 0 Å². The van der Waals surface area contributed by atoms with Crippen LogP contribution in [0, 0.1) is 0 Å². The second-order valence-electron chi connectivity index (χ2n) is 5.02. The molecule has 0 saturated heterocycles. The smallest absolute Gasteiger partial charge is 0.342 e. The SMILES string of the molecule is CC(=O)c1cccc(NC(=O)[C@H](C)OC(=O)c2cccnc2Cl)c1. The number of rotatable bonds is 5. The minimum atomic E-state index is -1.05. The van der Waals surface area contributed by atoms with Crippen molar-refractivity contribution in [2.75, 3.05) is 5.32 Å². The molecule has 1 aromatic carbocycles. The van der Waals surface area contributed by atoms with E-state index >= 15 is 0 Å². The molecular formula is C17H15ClN2O4. The summed E-state index contributed by atoms with van der Waals surface area (Å²) >= 11 is 5.81. The molecular weight excluding hydrogens is 332 g/mol. The maximum absolute atomic E-state index is 12.1. The van der Waals surface area contributed by atoms with Crippen LogP contribution in [0.2, 0.25) is 5.15 Å². The molecule has 0 unspecified atom stereocenters. The second kappa shape index (κ2) is 7.70. The van der Waals surface area contributed by atoms with Crippen LogP contribution in [0.25, 0.3) is 0 Å². The summed E-state index contributed by atoms with van der Waals surface area (Å²) in [4.78, 5) is 39.3. The van der Waals surface area contributed by atoms with Gasteiger partial charge in [0.15, 0.2) is 11.9 Å². The Morgan fingerprint density at radius 1 is 1.21 bits per heavy atom. The van der Waals surface area contributed by atoms with Gasteiger partial charge in [-0.15, -0.1) is 0 Å². The quantitative estimate of drug-likeness (QED) is 0.510. The first-order valence-corrected chi connectivity index (χ1v) is 7.49. The van der Waals surface area contributed by atoms with Crippen molar-refractivity contribution < 1.29 is 19.1 Å². The minimum Gasteiger partial charge on any atom is -0.449 e. The number of Topliss-reactive ketones (excluding diaryl/α,β-unsaturated/α-hetero) is 1. The van der Waals surface area contributed by atoms with Gasteiger partial charge in [-0.25, -0.2) is 9.78 Å². The summed E-state index contributed by atoms with van der Waals surface area (Å²) in [5, 5.41) is 2.60. The lowest BCUT2D eigenvalue weighted by Gasteiger charge is -2.14. The summed E-state index contributed by atoms with van der Waals surface area (Å²) in [6.45, 7) is 2.87. The average molecular weight is 347 g/mol. The van der Waals surface area contributed by atoms with E-state index in [-0.39, 0.29) is 16.5 Å². The van der Waals surface area contributed by atoms with Gasteiger partial charge in [0.1, 0.15) is 5.15 Å². The van der Waals surface area contributed by atoms with E-state index in [0.29, 0.717) is 11.3 Å². The third-order valence-electron chi connectivity index (χ3n) is 3.17. The molecule has 0 aliphatic heterocycles. The largest absolute Gasteiger partial charge is 0.449 e. The number of ether oxygens (including phenoxy) is 1. The van der Waals surface area contributed by atoms with E-state index in [9.17, 15) is 14.4 Å². The number of carbonyl (C=O) groups excluding carboxylic acids is 3. The zero-order chi connectivity index (χ0) is 17.7. The maximum Gasteiger partial charge on any atom is 0.342 e. The first-order valence-electron chi connectivity index (χ1n) is 7.12. The van der Waals surface area contributed by atoms with Crippen LogP contribution in [0.5, 0.6) is 0 Å². The predicted molar refractivity (Wildman–Crippen MR) is 89.2 cm³/mol. The van der Waals surface area contributed by atoms with Crippen LogP contribution >= 0.6 is 11.6 Å². The number of hydrogen-bond acceptors (Lipinski definition) is 5. The molecule has 1 amide bonds. The van der Waals surface area contributed by atoms with Gasteiger partial charge < -0.3 is 10.1 Å². The third-order valence-corrected chi connectivity index (χ3v) is 3.47. The number of halogens is 1. The van der Waals surface area contributed by atoms with E-state index in [0.717, 1.165) is 0 Å². The molecule has 7 heteroatoms. The Labute approximate surface area is 143 Å². The van der Waals surface area contributed by atoms with Crippen molar-refractivity contribution >= 4 is 34.9 Å². The van der Waals surface area contributed by atoms with Crippen LogP contribution in [0.1, 0.15) is 34.6 Å². The van der Waals surface area contributed by atoms with Gasteiger partial charge in [0.05, 0.1) is 5.56 Å². The highest BCUT2D eigenvalue weighted by Gasteiger charge is 2.21. The molecule has 1 atom stereocenters. The Hall–Kier alpha value is -2.73. The zero-order valence-electron chi connectivity index (χ0n) is 13.1. The Bertz CT molecular complexity index is 792. The molecule has 6 nitrogen and oxygen atoms in total. The molecule has 1 heterocycles. The van der Waals surface area contributed by atoms with Crippen LogP contribution in [0.3, 0.4) is 0 Å². The maximum atomic E-state index is 12.1. The van der Waals surface area contributed by atoms with E-state index in [1.807, 2.05) is 0 Å². The monoisotopic (exact) mass is 346 g/mol. The summed E-state index contributed by atoms with van der Waals surface area (Å²) in [5.41, 5.74) is 0.993. The first-order chi connectivity index (χ1) is 11.4. The number of aromatic nitrogens is 1. The molecule has 2 aromatic rings. The number of esters is 1. The van der Waals surface area contributed by atoms with Crippen LogP contribution in [-0.4, -0.2) is 28.7 Å². The molecule has 0 aliphatic carbocycles. The number of pyridine rings is 1. The van der Waals surface area contributed by atoms with Crippen LogP contribution in [0.4, 0.5) is 5.69 Å². The Morgan fingerprint density at radius 3 is 2.62 bits per heavy atom. The molecule has 2 rings (SSSR count). The number of nitrogens with zero attached hydrogens (tertiary/aromatic N) is 1. The Kier molecular flexibility index (Phi) is 5.65. The number of hydrogen-bond donors (Lipinski definition) is 1. The topological polar surface area (TPSA) is 85.4 Å². The average Bonchev–Trinajstić information content (AvgIpc) is 2.55. The van der Waals surface area contributed by atoms with Gasteiger partial charge in [0, 0.05) is 17.4 Å². The normalized spacial score (nSPS) is 11.5. The lowest BCUT2D eigenvalue weighted by atomic mass is 10.1. The van der Waals surface area contributed by atoms with E-state index in [4.69, 9.17) is 16.3 Å². The van der Waals surface area contributed by atoms with Gasteiger partial charge >= 0.3 is 5.97 Å². The summed E-state index contributed by atoms with van der Waals surface area (Å²) < 4.78 is 5.09. The number of nitrogens with one attached hydrogen (secondary N) is 1. The molecule has 0 radical (unpaired) electrons. The predicted octanol–water partition coefficient (Wildman–Crippen LogP) is 3.12. The van der Waals surface area contributed by atoms with Crippen molar-refractivity contribution in [3.63, 3.8) is 0 Å². The fourth-order valence-corrected chi connectivity index (χ4v) is 2.07. The highest BCUT2D eigenvalue weighted by molar-refractivity contribution is 6.32. The number of amides is 1.